The lowest BCUT2D eigenvalue weighted by Gasteiger charge is -2.32. The number of aromatic amines is 1. The molecule has 2 aromatic heterocycles. The number of hydrogen-bond acceptors (Lipinski definition) is 3. The average Bonchev–Trinajstić information content (AvgIpc) is 3.18. The molecule has 1 amide bonds. The normalized spacial score (nSPS) is 15.7. The Morgan fingerprint density at radius 3 is 2.71 bits per heavy atom. The van der Waals surface area contributed by atoms with Crippen LogP contribution in [0.2, 0.25) is 0 Å². The van der Waals surface area contributed by atoms with E-state index in [1.165, 1.54) is 11.0 Å². The summed E-state index contributed by atoms with van der Waals surface area (Å²) >= 11 is 3.58. The van der Waals surface area contributed by atoms with E-state index >= 15 is 0 Å². The van der Waals surface area contributed by atoms with Crippen molar-refractivity contribution in [2.75, 3.05) is 27.2 Å². The number of fused-ring (bicyclic) bond motifs is 1. The summed E-state index contributed by atoms with van der Waals surface area (Å²) in [5, 5.41) is 1.07. The number of hydrogen-bond donors (Lipinski definition) is 1. The summed E-state index contributed by atoms with van der Waals surface area (Å²) in [6.07, 6.45) is 4.64. The number of carbonyl (C=O) groups is 1. The summed E-state index contributed by atoms with van der Waals surface area (Å²) in [5.74, 6) is -0.518. The zero-order valence-electron chi connectivity index (χ0n) is 18.2. The maximum absolute atomic E-state index is 15.0. The Morgan fingerprint density at radius 1 is 1.32 bits per heavy atom. The van der Waals surface area contributed by atoms with Crippen LogP contribution in [-0.2, 0) is 0 Å². The summed E-state index contributed by atoms with van der Waals surface area (Å²) < 4.78 is 16.0. The van der Waals surface area contributed by atoms with E-state index in [-0.39, 0.29) is 17.8 Å². The molecule has 0 radical (unpaired) electrons. The lowest BCUT2D eigenvalue weighted by molar-refractivity contribution is 0.0827. The zero-order valence-corrected chi connectivity index (χ0v) is 19.8. The summed E-state index contributed by atoms with van der Waals surface area (Å²) in [5.41, 5.74) is 4.79. The van der Waals surface area contributed by atoms with Crippen molar-refractivity contribution in [3.05, 3.63) is 69.2 Å². The van der Waals surface area contributed by atoms with E-state index in [0.29, 0.717) is 11.1 Å². The van der Waals surface area contributed by atoms with Gasteiger partial charge in [0.2, 0.25) is 0 Å². The predicted octanol–water partition coefficient (Wildman–Crippen LogP) is 5.33. The van der Waals surface area contributed by atoms with Gasteiger partial charge in [0, 0.05) is 66.1 Å². The van der Waals surface area contributed by atoms with Crippen LogP contribution in [-0.4, -0.2) is 52.9 Å². The van der Waals surface area contributed by atoms with E-state index in [0.717, 1.165) is 51.8 Å². The highest BCUT2D eigenvalue weighted by Crippen LogP contribution is 2.33. The Bertz CT molecular complexity index is 1160. The number of pyridine rings is 1. The number of rotatable bonds is 4. The van der Waals surface area contributed by atoms with Crippen LogP contribution >= 0.6 is 15.9 Å². The first-order chi connectivity index (χ1) is 14.8. The van der Waals surface area contributed by atoms with Crippen LogP contribution in [0.3, 0.4) is 0 Å². The maximum Gasteiger partial charge on any atom is 0.253 e. The topological polar surface area (TPSA) is 52.2 Å². The number of halogens is 2. The van der Waals surface area contributed by atoms with Crippen molar-refractivity contribution in [1.29, 1.82) is 0 Å². The number of H-pyrrole nitrogens is 1. The summed E-state index contributed by atoms with van der Waals surface area (Å²) in [7, 11) is 3.34. The molecule has 3 heterocycles. The van der Waals surface area contributed by atoms with Gasteiger partial charge in [0.15, 0.2) is 0 Å². The third kappa shape index (κ3) is 4.16. The highest BCUT2D eigenvalue weighted by atomic mass is 79.9. The van der Waals surface area contributed by atoms with Crippen LogP contribution in [0.4, 0.5) is 4.39 Å². The second-order valence-electron chi connectivity index (χ2n) is 8.28. The van der Waals surface area contributed by atoms with Crippen molar-refractivity contribution >= 4 is 38.4 Å². The molecular weight excluding hydrogens is 459 g/mol. The van der Waals surface area contributed by atoms with E-state index < -0.39 is 0 Å². The van der Waals surface area contributed by atoms with Crippen molar-refractivity contribution in [1.82, 2.24) is 19.8 Å². The fourth-order valence-electron chi connectivity index (χ4n) is 4.23. The maximum atomic E-state index is 15.0. The van der Waals surface area contributed by atoms with Gasteiger partial charge in [-0.1, -0.05) is 6.08 Å². The largest absolute Gasteiger partial charge is 0.345 e. The van der Waals surface area contributed by atoms with Crippen LogP contribution in [0.25, 0.3) is 16.6 Å². The first-order valence-corrected chi connectivity index (χ1v) is 11.1. The molecular formula is C24H26BrFN4O. The number of nitrogens with one attached hydrogen (secondary N) is 1. The van der Waals surface area contributed by atoms with Gasteiger partial charge in [0.05, 0.1) is 0 Å². The molecule has 0 aliphatic carbocycles. The number of amides is 1. The smallest absolute Gasteiger partial charge is 0.253 e. The molecule has 0 saturated heterocycles. The lowest BCUT2D eigenvalue weighted by atomic mass is 9.92. The molecule has 0 fully saturated rings. The molecule has 1 aliphatic heterocycles. The highest BCUT2D eigenvalue weighted by molar-refractivity contribution is 9.10. The molecule has 5 nitrogen and oxygen atoms in total. The van der Waals surface area contributed by atoms with Gasteiger partial charge < -0.3 is 9.88 Å². The molecule has 7 heteroatoms. The minimum atomic E-state index is -0.329. The van der Waals surface area contributed by atoms with Crippen molar-refractivity contribution in [2.45, 2.75) is 26.3 Å². The molecule has 1 atom stereocenters. The molecule has 1 N–H and O–H groups in total. The number of carbonyl (C=O) groups excluding carboxylic acids is 1. The molecule has 0 bridgehead atoms. The second kappa shape index (κ2) is 8.55. The second-order valence-corrected chi connectivity index (χ2v) is 9.13. The van der Waals surface area contributed by atoms with Crippen molar-refractivity contribution in [3.8, 4) is 0 Å². The fourth-order valence-corrected chi connectivity index (χ4v) is 4.65. The van der Waals surface area contributed by atoms with Crippen molar-refractivity contribution in [3.63, 3.8) is 0 Å². The number of aryl methyl sites for hydroxylation is 1. The standard InChI is InChI=1S/C24H26BrFN4O/c1-14-11-17(24(31)29(3)4)12-20(26)22(14)16-6-9-30(10-7-16)15(2)21-13-18-19(25)5-8-27-23(18)28-21/h5-6,8,11-13,15H,7,9-10H2,1-4H3,(H,27,28). The van der Waals surface area contributed by atoms with E-state index in [9.17, 15) is 9.18 Å². The van der Waals surface area contributed by atoms with Crippen LogP contribution in [0.5, 0.6) is 0 Å². The van der Waals surface area contributed by atoms with Gasteiger partial charge in [0.25, 0.3) is 5.91 Å². The molecule has 0 saturated carbocycles. The minimum Gasteiger partial charge on any atom is -0.345 e. The van der Waals surface area contributed by atoms with Crippen LogP contribution in [0.15, 0.2) is 41.0 Å². The molecule has 3 aromatic rings. The van der Waals surface area contributed by atoms with E-state index in [1.807, 2.05) is 13.0 Å². The van der Waals surface area contributed by atoms with Crippen LogP contribution < -0.4 is 0 Å². The van der Waals surface area contributed by atoms with Gasteiger partial charge in [-0.05, 0) is 71.6 Å². The molecule has 1 aromatic carbocycles. The van der Waals surface area contributed by atoms with Gasteiger partial charge in [0.1, 0.15) is 11.5 Å². The molecule has 1 aliphatic rings. The molecule has 0 spiro atoms. The Balaban J connectivity index is 1.55. The highest BCUT2D eigenvalue weighted by Gasteiger charge is 2.24. The van der Waals surface area contributed by atoms with Crippen molar-refractivity contribution in [2.24, 2.45) is 0 Å². The third-order valence-corrected chi connectivity index (χ3v) is 6.69. The van der Waals surface area contributed by atoms with Gasteiger partial charge in [-0.2, -0.15) is 0 Å². The molecule has 162 valence electrons. The number of nitrogens with zero attached hydrogens (tertiary/aromatic N) is 3. The van der Waals surface area contributed by atoms with Gasteiger partial charge >= 0.3 is 0 Å². The van der Waals surface area contributed by atoms with E-state index in [4.69, 9.17) is 0 Å². The van der Waals surface area contributed by atoms with Gasteiger partial charge in [-0.25, -0.2) is 9.37 Å². The van der Waals surface area contributed by atoms with E-state index in [1.54, 1.807) is 26.4 Å². The molecule has 4 rings (SSSR count). The monoisotopic (exact) mass is 484 g/mol. The Labute approximate surface area is 190 Å². The predicted molar refractivity (Wildman–Crippen MR) is 126 cm³/mol. The number of benzene rings is 1. The van der Waals surface area contributed by atoms with Crippen LogP contribution in [0, 0.1) is 12.7 Å². The SMILES string of the molecule is Cc1cc(C(=O)N(C)C)cc(F)c1C1=CCN(C(C)c2cc3c(Br)ccnc3[nH]2)CC1. The minimum absolute atomic E-state index is 0.185. The summed E-state index contributed by atoms with van der Waals surface area (Å²) in [4.78, 5) is 23.9. The first-order valence-electron chi connectivity index (χ1n) is 10.3. The quantitative estimate of drug-likeness (QED) is 0.544. The Hall–Kier alpha value is -2.51. The summed E-state index contributed by atoms with van der Waals surface area (Å²) in [6.45, 7) is 5.60. The molecule has 1 unspecified atom stereocenters. The van der Waals surface area contributed by atoms with Gasteiger partial charge in [-0.3, -0.25) is 9.69 Å². The lowest BCUT2D eigenvalue weighted by Crippen LogP contribution is -2.31. The summed E-state index contributed by atoms with van der Waals surface area (Å²) in [6, 6.07) is 7.40. The Kier molecular flexibility index (Phi) is 5.99. The zero-order chi connectivity index (χ0) is 22.3. The third-order valence-electron chi connectivity index (χ3n) is 6.00. The number of aromatic nitrogens is 2. The Morgan fingerprint density at radius 2 is 2.10 bits per heavy atom. The first kappa shape index (κ1) is 21.7. The molecule has 31 heavy (non-hydrogen) atoms. The van der Waals surface area contributed by atoms with Crippen molar-refractivity contribution < 1.29 is 9.18 Å². The fraction of sp³-hybridized carbons (Fsp3) is 0.333. The van der Waals surface area contributed by atoms with Crippen LogP contribution in [0.1, 0.15) is 46.6 Å². The van der Waals surface area contributed by atoms with Gasteiger partial charge in [-0.15, -0.1) is 0 Å². The average molecular weight is 485 g/mol. The van der Waals surface area contributed by atoms with E-state index in [2.05, 4.69) is 49.9 Å².